The summed E-state index contributed by atoms with van der Waals surface area (Å²) >= 11 is 5.45. The number of alkyl halides is 1. The van der Waals surface area contributed by atoms with Crippen LogP contribution in [-0.4, -0.2) is 67.3 Å². The molecule has 1 aromatic carbocycles. The summed E-state index contributed by atoms with van der Waals surface area (Å²) in [6.07, 6.45) is 2.60. The molecule has 2 bridgehead atoms. The number of hydrogen-bond acceptors (Lipinski definition) is 5. The average Bonchev–Trinajstić information content (AvgIpc) is 3.36. The number of para-hydroxylation sites is 1. The van der Waals surface area contributed by atoms with Gasteiger partial charge in [0.25, 0.3) is 0 Å². The maximum Gasteiger partial charge on any atom is 0.244 e. The molecule has 1 spiro atoms. The van der Waals surface area contributed by atoms with Crippen molar-refractivity contribution in [3.63, 3.8) is 0 Å². The largest absolute Gasteiger partial charge is 0.396 e. The molecule has 4 rings (SSSR count). The summed E-state index contributed by atoms with van der Waals surface area (Å²) in [5, 5.41) is 15.6. The first-order chi connectivity index (χ1) is 17.3. The van der Waals surface area contributed by atoms with Gasteiger partial charge in [-0.05, 0) is 57.1 Å². The number of aliphatic hydroxyl groups is 1. The van der Waals surface area contributed by atoms with Gasteiger partial charge in [-0.15, -0.1) is 11.8 Å². The molecule has 0 aromatic heterocycles. The van der Waals surface area contributed by atoms with Crippen molar-refractivity contribution in [2.45, 2.75) is 86.7 Å². The van der Waals surface area contributed by atoms with E-state index in [1.165, 1.54) is 0 Å². The topological polar surface area (TPSA) is 98.7 Å². The lowest BCUT2D eigenvalue weighted by Gasteiger charge is -2.39. The van der Waals surface area contributed by atoms with E-state index in [0.29, 0.717) is 31.5 Å². The van der Waals surface area contributed by atoms with Crippen molar-refractivity contribution in [2.24, 2.45) is 17.3 Å². The van der Waals surface area contributed by atoms with Crippen LogP contribution in [0.1, 0.15) is 60.3 Å². The van der Waals surface area contributed by atoms with Crippen molar-refractivity contribution >= 4 is 51.1 Å². The second-order valence-corrected chi connectivity index (χ2v) is 15.3. The molecule has 37 heavy (non-hydrogen) atoms. The van der Waals surface area contributed by atoms with E-state index >= 15 is 0 Å². The van der Waals surface area contributed by atoms with Crippen molar-refractivity contribution in [1.29, 1.82) is 0 Å². The Hall–Kier alpha value is -1.58. The van der Waals surface area contributed by atoms with Gasteiger partial charge >= 0.3 is 0 Å². The molecule has 6 atom stereocenters. The van der Waals surface area contributed by atoms with Crippen molar-refractivity contribution in [3.05, 3.63) is 30.3 Å². The molecule has 3 unspecified atom stereocenters. The SMILES string of the molecule is CC(C)(C)CC(C)(C)NC(=O)C1N(CCCCO)C(=O)[C@@H]2[C@@H](C(=O)Nc3ccccc3)[C@@H]3SC12CC3Br. The number of halogens is 1. The molecule has 7 nitrogen and oxygen atoms in total. The smallest absolute Gasteiger partial charge is 0.244 e. The minimum atomic E-state index is -0.671. The number of likely N-dealkylation sites (tertiary alicyclic amines) is 1. The van der Waals surface area contributed by atoms with E-state index in [0.717, 1.165) is 6.42 Å². The van der Waals surface area contributed by atoms with Crippen LogP contribution in [0.4, 0.5) is 5.69 Å². The Kier molecular flexibility index (Phi) is 8.09. The van der Waals surface area contributed by atoms with Gasteiger partial charge in [-0.2, -0.15) is 0 Å². The third-order valence-electron chi connectivity index (χ3n) is 7.62. The zero-order valence-corrected chi connectivity index (χ0v) is 24.8. The Labute approximate surface area is 233 Å². The number of anilines is 1. The van der Waals surface area contributed by atoms with Gasteiger partial charge in [-0.1, -0.05) is 54.9 Å². The number of benzene rings is 1. The van der Waals surface area contributed by atoms with E-state index in [1.807, 2.05) is 44.2 Å². The molecule has 9 heteroatoms. The number of amides is 3. The van der Waals surface area contributed by atoms with E-state index in [4.69, 9.17) is 0 Å². The highest BCUT2D eigenvalue weighted by molar-refractivity contribution is 9.09. The number of thioether (sulfide) groups is 1. The highest BCUT2D eigenvalue weighted by Gasteiger charge is 2.75. The summed E-state index contributed by atoms with van der Waals surface area (Å²) in [4.78, 5) is 43.4. The number of unbranched alkanes of at least 4 members (excludes halogenated alkanes) is 1. The number of nitrogens with one attached hydrogen (secondary N) is 2. The maximum atomic E-state index is 14.1. The van der Waals surface area contributed by atoms with Crippen LogP contribution in [0.5, 0.6) is 0 Å². The van der Waals surface area contributed by atoms with E-state index < -0.39 is 28.2 Å². The summed E-state index contributed by atoms with van der Waals surface area (Å²) in [6, 6.07) is 8.64. The first kappa shape index (κ1) is 28.4. The van der Waals surface area contributed by atoms with Gasteiger partial charge in [0.15, 0.2) is 0 Å². The predicted octanol–water partition coefficient (Wildman–Crippen LogP) is 4.19. The lowest BCUT2D eigenvalue weighted by atomic mass is 9.70. The van der Waals surface area contributed by atoms with Gasteiger partial charge in [0, 0.05) is 34.5 Å². The van der Waals surface area contributed by atoms with E-state index in [9.17, 15) is 19.5 Å². The standard InChI is InChI=1S/C28H40BrN3O4S/c1-26(2,3)16-27(4,5)31-24(35)22-28-15-18(29)21(37-28)19(23(34)30-17-11-7-6-8-12-17)20(28)25(36)32(22)13-9-10-14-33/h6-8,11-12,18-22,33H,9-10,13-16H2,1-5H3,(H,30,34)(H,31,35)/t18?,19-,20+,21-,22?,28?/m1/s1. The van der Waals surface area contributed by atoms with Crippen molar-refractivity contribution in [2.75, 3.05) is 18.5 Å². The normalized spacial score (nSPS) is 30.9. The lowest BCUT2D eigenvalue weighted by molar-refractivity contribution is -0.139. The van der Waals surface area contributed by atoms with Crippen molar-refractivity contribution in [3.8, 4) is 0 Å². The highest BCUT2D eigenvalue weighted by Crippen LogP contribution is 2.67. The van der Waals surface area contributed by atoms with Crippen LogP contribution >= 0.6 is 27.7 Å². The lowest BCUT2D eigenvalue weighted by Crippen LogP contribution is -2.58. The van der Waals surface area contributed by atoms with Crippen LogP contribution < -0.4 is 10.6 Å². The molecule has 1 aromatic rings. The van der Waals surface area contributed by atoms with Gasteiger partial charge in [0.1, 0.15) is 6.04 Å². The van der Waals surface area contributed by atoms with Gasteiger partial charge in [0.2, 0.25) is 17.7 Å². The predicted molar refractivity (Wildman–Crippen MR) is 152 cm³/mol. The van der Waals surface area contributed by atoms with Crippen molar-refractivity contribution < 1.29 is 19.5 Å². The summed E-state index contributed by atoms with van der Waals surface area (Å²) in [5.74, 6) is -1.52. The first-order valence-corrected chi connectivity index (χ1v) is 15.0. The van der Waals surface area contributed by atoms with E-state index in [2.05, 4.69) is 47.3 Å². The molecule has 204 valence electrons. The van der Waals surface area contributed by atoms with Crippen LogP contribution in [0.25, 0.3) is 0 Å². The number of carbonyl (C=O) groups is 3. The van der Waals surface area contributed by atoms with E-state index in [1.54, 1.807) is 16.7 Å². The maximum absolute atomic E-state index is 14.1. The number of fused-ring (bicyclic) bond motifs is 1. The number of carbonyl (C=O) groups excluding carboxylic acids is 3. The summed E-state index contributed by atoms with van der Waals surface area (Å²) in [5.41, 5.74) is 0.263. The quantitative estimate of drug-likeness (QED) is 0.294. The van der Waals surface area contributed by atoms with Crippen LogP contribution in [0.3, 0.4) is 0 Å². The molecule has 3 aliphatic heterocycles. The summed E-state index contributed by atoms with van der Waals surface area (Å²) in [7, 11) is 0. The molecule has 3 aliphatic rings. The first-order valence-electron chi connectivity index (χ1n) is 13.2. The fourth-order valence-electron chi connectivity index (χ4n) is 6.88. The Bertz CT molecular complexity index is 1030. The molecule has 3 fully saturated rings. The molecule has 3 heterocycles. The highest BCUT2D eigenvalue weighted by atomic mass is 79.9. The Morgan fingerprint density at radius 1 is 1.14 bits per heavy atom. The second kappa shape index (κ2) is 10.5. The number of nitrogens with zero attached hydrogens (tertiary/aromatic N) is 1. The number of aliphatic hydroxyl groups excluding tert-OH is 1. The average molecular weight is 595 g/mol. The van der Waals surface area contributed by atoms with Gasteiger partial charge < -0.3 is 20.6 Å². The van der Waals surface area contributed by atoms with Crippen LogP contribution in [-0.2, 0) is 14.4 Å². The van der Waals surface area contributed by atoms with E-state index in [-0.39, 0.29) is 39.8 Å². The summed E-state index contributed by atoms with van der Waals surface area (Å²) in [6.45, 7) is 10.9. The Morgan fingerprint density at radius 3 is 2.43 bits per heavy atom. The molecule has 3 saturated heterocycles. The monoisotopic (exact) mass is 593 g/mol. The fraction of sp³-hybridized carbons (Fsp3) is 0.679. The molecule has 3 amide bonds. The van der Waals surface area contributed by atoms with Gasteiger partial charge in [-0.25, -0.2) is 0 Å². The number of hydrogen-bond donors (Lipinski definition) is 3. The van der Waals surface area contributed by atoms with Crippen LogP contribution in [0.2, 0.25) is 0 Å². The molecule has 3 N–H and O–H groups in total. The Balaban J connectivity index is 1.66. The number of rotatable bonds is 9. The minimum Gasteiger partial charge on any atom is -0.396 e. The second-order valence-electron chi connectivity index (χ2n) is 12.6. The van der Waals surface area contributed by atoms with Crippen LogP contribution in [0.15, 0.2) is 30.3 Å². The Morgan fingerprint density at radius 2 is 1.81 bits per heavy atom. The van der Waals surface area contributed by atoms with Crippen LogP contribution in [0, 0.1) is 17.3 Å². The van der Waals surface area contributed by atoms with Crippen molar-refractivity contribution in [1.82, 2.24) is 10.2 Å². The zero-order chi connectivity index (χ0) is 27.2. The van der Waals surface area contributed by atoms with Gasteiger partial charge in [0.05, 0.1) is 16.6 Å². The molecule has 0 radical (unpaired) electrons. The third kappa shape index (κ3) is 5.59. The molecule has 0 saturated carbocycles. The molecular formula is C28H40BrN3O4S. The van der Waals surface area contributed by atoms with Gasteiger partial charge in [-0.3, -0.25) is 14.4 Å². The summed E-state index contributed by atoms with van der Waals surface area (Å²) < 4.78 is -0.671. The zero-order valence-electron chi connectivity index (χ0n) is 22.4. The molecule has 0 aliphatic carbocycles. The fourth-order valence-corrected chi connectivity index (χ4v) is 10.5. The third-order valence-corrected chi connectivity index (χ3v) is 10.8. The molecular weight excluding hydrogens is 554 g/mol. The minimum absolute atomic E-state index is 0.0199.